The van der Waals surface area contributed by atoms with Crippen LogP contribution in [0, 0.1) is 6.92 Å². The van der Waals surface area contributed by atoms with Crippen molar-refractivity contribution in [2.75, 3.05) is 18.0 Å². The Morgan fingerprint density at radius 3 is 2.76 bits per heavy atom. The zero-order chi connectivity index (χ0) is 17.2. The van der Waals surface area contributed by atoms with Crippen molar-refractivity contribution in [1.29, 1.82) is 0 Å². The van der Waals surface area contributed by atoms with E-state index in [0.717, 1.165) is 37.4 Å². The van der Waals surface area contributed by atoms with E-state index in [-0.39, 0.29) is 11.9 Å². The van der Waals surface area contributed by atoms with Crippen LogP contribution in [0.5, 0.6) is 0 Å². The Kier molecular flexibility index (Phi) is 4.01. The van der Waals surface area contributed by atoms with Crippen molar-refractivity contribution >= 4 is 17.5 Å². The second-order valence-corrected chi connectivity index (χ2v) is 6.20. The SMILES string of the molecule is Cc1cc(N2CCC(NC(=O)c3ccncc3)CC2)n2ncnc2n1. The fraction of sp³-hybridized carbons (Fsp3) is 0.353. The average molecular weight is 337 g/mol. The number of aryl methyl sites for hydroxylation is 1. The van der Waals surface area contributed by atoms with Crippen LogP contribution >= 0.6 is 0 Å². The van der Waals surface area contributed by atoms with Gasteiger partial charge < -0.3 is 10.2 Å². The molecule has 0 aromatic carbocycles. The predicted molar refractivity (Wildman–Crippen MR) is 92.5 cm³/mol. The van der Waals surface area contributed by atoms with Gasteiger partial charge in [-0.1, -0.05) is 0 Å². The summed E-state index contributed by atoms with van der Waals surface area (Å²) in [7, 11) is 0. The lowest BCUT2D eigenvalue weighted by Crippen LogP contribution is -2.45. The smallest absolute Gasteiger partial charge is 0.254 e. The van der Waals surface area contributed by atoms with E-state index in [9.17, 15) is 4.79 Å². The van der Waals surface area contributed by atoms with Gasteiger partial charge in [-0.3, -0.25) is 9.78 Å². The van der Waals surface area contributed by atoms with Gasteiger partial charge in [0.2, 0.25) is 0 Å². The van der Waals surface area contributed by atoms with Crippen molar-refractivity contribution in [3.8, 4) is 0 Å². The third-order valence-electron chi connectivity index (χ3n) is 4.46. The van der Waals surface area contributed by atoms with Crippen molar-refractivity contribution in [3.63, 3.8) is 0 Å². The molecule has 0 aliphatic carbocycles. The highest BCUT2D eigenvalue weighted by molar-refractivity contribution is 5.94. The van der Waals surface area contributed by atoms with E-state index in [1.807, 2.05) is 13.0 Å². The molecule has 1 fully saturated rings. The molecule has 3 aromatic rings. The van der Waals surface area contributed by atoms with E-state index >= 15 is 0 Å². The normalized spacial score (nSPS) is 15.5. The molecule has 1 saturated heterocycles. The Bertz CT molecular complexity index is 884. The highest BCUT2D eigenvalue weighted by Crippen LogP contribution is 2.21. The van der Waals surface area contributed by atoms with Crippen LogP contribution in [-0.4, -0.2) is 49.6 Å². The summed E-state index contributed by atoms with van der Waals surface area (Å²) < 4.78 is 1.77. The maximum Gasteiger partial charge on any atom is 0.254 e. The Morgan fingerprint density at radius 2 is 2.00 bits per heavy atom. The number of pyridine rings is 1. The molecule has 25 heavy (non-hydrogen) atoms. The molecule has 0 unspecified atom stereocenters. The van der Waals surface area contributed by atoms with E-state index in [1.165, 1.54) is 6.33 Å². The maximum atomic E-state index is 12.3. The number of carbonyl (C=O) groups excluding carboxylic acids is 1. The van der Waals surface area contributed by atoms with E-state index in [0.29, 0.717) is 11.3 Å². The van der Waals surface area contributed by atoms with Gasteiger partial charge in [-0.2, -0.15) is 14.6 Å². The first kappa shape index (κ1) is 15.5. The third kappa shape index (κ3) is 3.15. The summed E-state index contributed by atoms with van der Waals surface area (Å²) in [5.74, 6) is 1.57. The van der Waals surface area contributed by atoms with Crippen molar-refractivity contribution in [2.45, 2.75) is 25.8 Å². The topological polar surface area (TPSA) is 88.3 Å². The first-order chi connectivity index (χ1) is 12.2. The number of hydrogen-bond donors (Lipinski definition) is 1. The molecule has 4 heterocycles. The lowest BCUT2D eigenvalue weighted by atomic mass is 10.0. The van der Waals surface area contributed by atoms with Crippen LogP contribution in [0.2, 0.25) is 0 Å². The quantitative estimate of drug-likeness (QED) is 0.773. The van der Waals surface area contributed by atoms with E-state index < -0.39 is 0 Å². The molecule has 0 radical (unpaired) electrons. The minimum Gasteiger partial charge on any atom is -0.356 e. The summed E-state index contributed by atoms with van der Waals surface area (Å²) in [5.41, 5.74) is 1.56. The van der Waals surface area contributed by atoms with Crippen LogP contribution in [-0.2, 0) is 0 Å². The Labute approximate surface area is 144 Å². The molecule has 1 aliphatic heterocycles. The number of anilines is 1. The molecule has 0 spiro atoms. The second-order valence-electron chi connectivity index (χ2n) is 6.20. The number of rotatable bonds is 3. The molecule has 4 rings (SSSR count). The van der Waals surface area contributed by atoms with Crippen LogP contribution < -0.4 is 10.2 Å². The summed E-state index contributed by atoms with van der Waals surface area (Å²) >= 11 is 0. The number of carbonyl (C=O) groups is 1. The Balaban J connectivity index is 1.43. The summed E-state index contributed by atoms with van der Waals surface area (Å²) in [6.07, 6.45) is 6.55. The predicted octanol–water partition coefficient (Wildman–Crippen LogP) is 1.23. The largest absolute Gasteiger partial charge is 0.356 e. The average Bonchev–Trinajstić information content (AvgIpc) is 3.11. The zero-order valence-corrected chi connectivity index (χ0v) is 14.0. The van der Waals surface area contributed by atoms with Crippen molar-refractivity contribution < 1.29 is 4.79 Å². The Morgan fingerprint density at radius 1 is 1.24 bits per heavy atom. The number of amides is 1. The van der Waals surface area contributed by atoms with E-state index in [1.54, 1.807) is 29.0 Å². The molecule has 128 valence electrons. The van der Waals surface area contributed by atoms with E-state index in [2.05, 4.69) is 30.3 Å². The minimum absolute atomic E-state index is 0.0423. The molecule has 1 amide bonds. The lowest BCUT2D eigenvalue weighted by molar-refractivity contribution is 0.0931. The molecular weight excluding hydrogens is 318 g/mol. The van der Waals surface area contributed by atoms with Crippen LogP contribution in [0.3, 0.4) is 0 Å². The zero-order valence-electron chi connectivity index (χ0n) is 14.0. The molecule has 8 nitrogen and oxygen atoms in total. The number of nitrogens with one attached hydrogen (secondary N) is 1. The highest BCUT2D eigenvalue weighted by atomic mass is 16.1. The van der Waals surface area contributed by atoms with Gasteiger partial charge in [0.1, 0.15) is 12.1 Å². The third-order valence-corrected chi connectivity index (χ3v) is 4.46. The highest BCUT2D eigenvalue weighted by Gasteiger charge is 2.23. The fourth-order valence-corrected chi connectivity index (χ4v) is 3.16. The molecule has 0 saturated carbocycles. The Hall–Kier alpha value is -3.03. The summed E-state index contributed by atoms with van der Waals surface area (Å²) in [6.45, 7) is 3.65. The van der Waals surface area contributed by atoms with Gasteiger partial charge in [-0.25, -0.2) is 4.98 Å². The van der Waals surface area contributed by atoms with Crippen LogP contribution in [0.15, 0.2) is 36.9 Å². The second kappa shape index (κ2) is 6.46. The van der Waals surface area contributed by atoms with Gasteiger partial charge >= 0.3 is 0 Å². The van der Waals surface area contributed by atoms with Gasteiger partial charge in [0.25, 0.3) is 11.7 Å². The van der Waals surface area contributed by atoms with Gasteiger partial charge in [-0.05, 0) is 31.9 Å². The first-order valence-electron chi connectivity index (χ1n) is 8.34. The first-order valence-corrected chi connectivity index (χ1v) is 8.34. The molecule has 1 aliphatic rings. The number of nitrogens with zero attached hydrogens (tertiary/aromatic N) is 6. The summed E-state index contributed by atoms with van der Waals surface area (Å²) in [4.78, 5) is 27.0. The standard InChI is InChI=1S/C17H19N7O/c1-12-10-15(24-17(21-12)19-11-20-24)23-8-4-14(5-9-23)22-16(25)13-2-6-18-7-3-13/h2-3,6-7,10-11,14H,4-5,8-9H2,1H3,(H,22,25). The van der Waals surface area contributed by atoms with E-state index in [4.69, 9.17) is 0 Å². The van der Waals surface area contributed by atoms with Crippen molar-refractivity contribution in [2.24, 2.45) is 0 Å². The van der Waals surface area contributed by atoms with Gasteiger partial charge in [-0.15, -0.1) is 0 Å². The number of hydrogen-bond acceptors (Lipinski definition) is 6. The number of aromatic nitrogens is 5. The molecule has 3 aromatic heterocycles. The number of piperidine rings is 1. The maximum absolute atomic E-state index is 12.3. The van der Waals surface area contributed by atoms with Gasteiger partial charge in [0, 0.05) is 48.8 Å². The molecule has 0 atom stereocenters. The van der Waals surface area contributed by atoms with Crippen LogP contribution in [0.4, 0.5) is 5.82 Å². The fourth-order valence-electron chi connectivity index (χ4n) is 3.16. The summed E-state index contributed by atoms with van der Waals surface area (Å²) in [5, 5.41) is 7.38. The van der Waals surface area contributed by atoms with Crippen molar-refractivity contribution in [3.05, 3.63) is 48.2 Å². The van der Waals surface area contributed by atoms with Crippen LogP contribution in [0.1, 0.15) is 28.9 Å². The number of fused-ring (bicyclic) bond motifs is 1. The molecule has 8 heteroatoms. The van der Waals surface area contributed by atoms with Gasteiger partial charge in [0.05, 0.1) is 0 Å². The van der Waals surface area contributed by atoms with Crippen molar-refractivity contribution in [1.82, 2.24) is 29.9 Å². The molecular formula is C17H19N7O. The molecule has 0 bridgehead atoms. The molecule has 1 N–H and O–H groups in total. The van der Waals surface area contributed by atoms with Gasteiger partial charge in [0.15, 0.2) is 0 Å². The lowest BCUT2D eigenvalue weighted by Gasteiger charge is -2.33. The summed E-state index contributed by atoms with van der Waals surface area (Å²) in [6, 6.07) is 5.65. The van der Waals surface area contributed by atoms with Crippen LogP contribution in [0.25, 0.3) is 5.78 Å². The monoisotopic (exact) mass is 337 g/mol. The minimum atomic E-state index is -0.0423.